The van der Waals surface area contributed by atoms with E-state index in [0.29, 0.717) is 17.4 Å². The minimum atomic E-state index is -3.57. The van der Waals surface area contributed by atoms with Gasteiger partial charge in [-0.2, -0.15) is 0 Å². The maximum absolute atomic E-state index is 12.6. The minimum Gasteiger partial charge on any atom is -0.481 e. The molecule has 0 heterocycles. The topological polar surface area (TPSA) is 84.5 Å². The molecular weight excluding hydrogens is 424 g/mol. The summed E-state index contributed by atoms with van der Waals surface area (Å²) >= 11 is 0. The molecule has 0 radical (unpaired) electrons. The molecule has 1 aliphatic rings. The fourth-order valence-corrected chi connectivity index (χ4v) is 5.23. The number of rotatable bonds is 9. The molecule has 2 atom stereocenters. The quantitative estimate of drug-likeness (QED) is 0.540. The first-order valence-electron chi connectivity index (χ1n) is 11.5. The second kappa shape index (κ2) is 11.0. The molecule has 1 aliphatic carbocycles. The van der Waals surface area contributed by atoms with Crippen molar-refractivity contribution < 1.29 is 17.9 Å². The SMILES string of the molecule is CCC(C)c1ccccc1OC(C)C(=O)Nc1ccc(S(=O)(=O)NC2CCCCC2)cc1. The van der Waals surface area contributed by atoms with Gasteiger partial charge < -0.3 is 10.1 Å². The van der Waals surface area contributed by atoms with E-state index >= 15 is 0 Å². The molecule has 2 unspecified atom stereocenters. The van der Waals surface area contributed by atoms with Gasteiger partial charge in [0.1, 0.15) is 5.75 Å². The fraction of sp³-hybridized carbons (Fsp3) is 0.480. The van der Waals surface area contributed by atoms with Gasteiger partial charge in [-0.15, -0.1) is 0 Å². The Kier molecular flexibility index (Phi) is 8.32. The Balaban J connectivity index is 1.61. The maximum atomic E-state index is 12.6. The molecule has 32 heavy (non-hydrogen) atoms. The lowest BCUT2D eigenvalue weighted by molar-refractivity contribution is -0.122. The summed E-state index contributed by atoms with van der Waals surface area (Å²) in [6.07, 6.45) is 5.32. The summed E-state index contributed by atoms with van der Waals surface area (Å²) in [7, 11) is -3.57. The lowest BCUT2D eigenvalue weighted by atomic mass is 9.96. The van der Waals surface area contributed by atoms with E-state index in [9.17, 15) is 13.2 Å². The number of hydrogen-bond donors (Lipinski definition) is 2. The Bertz CT molecular complexity index is 999. The Morgan fingerprint density at radius 3 is 2.34 bits per heavy atom. The van der Waals surface area contributed by atoms with E-state index in [1.807, 2.05) is 24.3 Å². The molecule has 1 fully saturated rings. The number of ether oxygens (including phenoxy) is 1. The van der Waals surface area contributed by atoms with Crippen molar-refractivity contribution in [1.82, 2.24) is 4.72 Å². The molecular formula is C25H34N2O4S. The second-order valence-electron chi connectivity index (χ2n) is 8.58. The third-order valence-electron chi connectivity index (χ3n) is 6.09. The van der Waals surface area contributed by atoms with Crippen LogP contribution in [0.15, 0.2) is 53.4 Å². The number of carbonyl (C=O) groups excluding carboxylic acids is 1. The van der Waals surface area contributed by atoms with E-state index in [4.69, 9.17) is 4.74 Å². The highest BCUT2D eigenvalue weighted by Gasteiger charge is 2.22. The second-order valence-corrected chi connectivity index (χ2v) is 10.3. The molecule has 0 spiro atoms. The van der Waals surface area contributed by atoms with Crippen LogP contribution in [0.1, 0.15) is 70.8 Å². The molecule has 0 aromatic heterocycles. The van der Waals surface area contributed by atoms with Crippen molar-refractivity contribution >= 4 is 21.6 Å². The zero-order chi connectivity index (χ0) is 23.1. The van der Waals surface area contributed by atoms with Gasteiger partial charge in [0.15, 0.2) is 6.10 Å². The Morgan fingerprint density at radius 1 is 1.03 bits per heavy atom. The minimum absolute atomic E-state index is 0.00410. The summed E-state index contributed by atoms with van der Waals surface area (Å²) in [5, 5.41) is 2.81. The van der Waals surface area contributed by atoms with Gasteiger partial charge in [0.25, 0.3) is 5.91 Å². The predicted molar refractivity (Wildman–Crippen MR) is 128 cm³/mol. The fourth-order valence-electron chi connectivity index (χ4n) is 3.93. The van der Waals surface area contributed by atoms with Crippen molar-refractivity contribution in [2.24, 2.45) is 0 Å². The Morgan fingerprint density at radius 2 is 1.69 bits per heavy atom. The number of benzene rings is 2. The number of carbonyl (C=O) groups is 1. The van der Waals surface area contributed by atoms with Gasteiger partial charge in [0.2, 0.25) is 10.0 Å². The normalized spacial score (nSPS) is 16.8. The average molecular weight is 459 g/mol. The van der Waals surface area contributed by atoms with Crippen LogP contribution < -0.4 is 14.8 Å². The van der Waals surface area contributed by atoms with Gasteiger partial charge in [-0.1, -0.05) is 51.3 Å². The standard InChI is InChI=1S/C25H34N2O4S/c1-4-18(2)23-12-8-9-13-24(23)31-19(3)25(28)26-20-14-16-22(17-15-20)32(29,30)27-21-10-6-5-7-11-21/h8-9,12-19,21,27H,4-7,10-11H2,1-3H3,(H,26,28). The van der Waals surface area contributed by atoms with Crippen molar-refractivity contribution in [2.45, 2.75) is 82.3 Å². The van der Waals surface area contributed by atoms with Crippen LogP contribution in [0.25, 0.3) is 0 Å². The van der Waals surface area contributed by atoms with E-state index in [-0.39, 0.29) is 16.8 Å². The van der Waals surface area contributed by atoms with Crippen molar-refractivity contribution in [2.75, 3.05) is 5.32 Å². The zero-order valence-electron chi connectivity index (χ0n) is 19.1. The summed E-state index contributed by atoms with van der Waals surface area (Å²) < 4.78 is 34.0. The number of nitrogens with one attached hydrogen (secondary N) is 2. The summed E-state index contributed by atoms with van der Waals surface area (Å²) in [6.45, 7) is 5.95. The van der Waals surface area contributed by atoms with Crippen molar-refractivity contribution in [1.29, 1.82) is 0 Å². The van der Waals surface area contributed by atoms with Gasteiger partial charge in [-0.05, 0) is 68.0 Å². The first-order chi connectivity index (χ1) is 15.3. The number of para-hydroxylation sites is 1. The highest BCUT2D eigenvalue weighted by atomic mass is 32.2. The summed E-state index contributed by atoms with van der Waals surface area (Å²) in [6, 6.07) is 14.0. The third kappa shape index (κ3) is 6.33. The van der Waals surface area contributed by atoms with Crippen LogP contribution in [0, 0.1) is 0 Å². The van der Waals surface area contributed by atoms with E-state index in [1.165, 1.54) is 12.1 Å². The van der Waals surface area contributed by atoms with Crippen LogP contribution in [0.5, 0.6) is 5.75 Å². The van der Waals surface area contributed by atoms with E-state index in [1.54, 1.807) is 19.1 Å². The number of anilines is 1. The Hall–Kier alpha value is -2.38. The van der Waals surface area contributed by atoms with Crippen LogP contribution in [0.2, 0.25) is 0 Å². The molecule has 6 nitrogen and oxygen atoms in total. The van der Waals surface area contributed by atoms with Gasteiger partial charge >= 0.3 is 0 Å². The van der Waals surface area contributed by atoms with E-state index in [0.717, 1.165) is 44.1 Å². The third-order valence-corrected chi connectivity index (χ3v) is 7.63. The molecule has 0 aliphatic heterocycles. The Labute approximate surface area is 191 Å². The molecule has 2 aromatic rings. The monoisotopic (exact) mass is 458 g/mol. The average Bonchev–Trinajstić information content (AvgIpc) is 2.79. The molecule has 1 saturated carbocycles. The molecule has 3 rings (SSSR count). The zero-order valence-corrected chi connectivity index (χ0v) is 20.0. The molecule has 1 amide bonds. The molecule has 2 aromatic carbocycles. The number of amides is 1. The smallest absolute Gasteiger partial charge is 0.265 e. The van der Waals surface area contributed by atoms with Crippen LogP contribution in [0.4, 0.5) is 5.69 Å². The van der Waals surface area contributed by atoms with Gasteiger partial charge in [0, 0.05) is 11.7 Å². The number of sulfonamides is 1. The van der Waals surface area contributed by atoms with Crippen LogP contribution >= 0.6 is 0 Å². The van der Waals surface area contributed by atoms with Crippen LogP contribution in [-0.2, 0) is 14.8 Å². The van der Waals surface area contributed by atoms with Crippen molar-refractivity contribution in [3.05, 3.63) is 54.1 Å². The highest BCUT2D eigenvalue weighted by molar-refractivity contribution is 7.89. The van der Waals surface area contributed by atoms with Crippen molar-refractivity contribution in [3.8, 4) is 5.75 Å². The molecule has 2 N–H and O–H groups in total. The number of hydrogen-bond acceptors (Lipinski definition) is 4. The summed E-state index contributed by atoms with van der Waals surface area (Å²) in [4.78, 5) is 12.8. The van der Waals surface area contributed by atoms with Crippen LogP contribution in [-0.4, -0.2) is 26.5 Å². The maximum Gasteiger partial charge on any atom is 0.265 e. The highest BCUT2D eigenvalue weighted by Crippen LogP contribution is 2.29. The lowest BCUT2D eigenvalue weighted by Gasteiger charge is -2.22. The first kappa shape index (κ1) is 24.3. The largest absolute Gasteiger partial charge is 0.481 e. The van der Waals surface area contributed by atoms with Gasteiger partial charge in [0.05, 0.1) is 4.90 Å². The lowest BCUT2D eigenvalue weighted by Crippen LogP contribution is -2.36. The molecule has 7 heteroatoms. The summed E-state index contributed by atoms with van der Waals surface area (Å²) in [5.41, 5.74) is 1.60. The first-order valence-corrected chi connectivity index (χ1v) is 13.0. The summed E-state index contributed by atoms with van der Waals surface area (Å²) in [5.74, 6) is 0.748. The van der Waals surface area contributed by atoms with Gasteiger partial charge in [-0.3, -0.25) is 4.79 Å². The van der Waals surface area contributed by atoms with E-state index in [2.05, 4.69) is 23.9 Å². The predicted octanol–water partition coefficient (Wildman–Crippen LogP) is 5.22. The van der Waals surface area contributed by atoms with Gasteiger partial charge in [-0.25, -0.2) is 13.1 Å². The van der Waals surface area contributed by atoms with E-state index < -0.39 is 16.1 Å². The molecule has 0 saturated heterocycles. The van der Waals surface area contributed by atoms with Crippen molar-refractivity contribution in [3.63, 3.8) is 0 Å². The molecule has 0 bridgehead atoms. The van der Waals surface area contributed by atoms with Crippen LogP contribution in [0.3, 0.4) is 0 Å². The molecule has 174 valence electrons.